The minimum absolute atomic E-state index is 0.179. The van der Waals surface area contributed by atoms with Crippen molar-refractivity contribution < 1.29 is 0 Å². The Morgan fingerprint density at radius 1 is 0.647 bits per heavy atom. The van der Waals surface area contributed by atoms with Crippen LogP contribution in [0.2, 0.25) is 0 Å². The topological polar surface area (TPSA) is 61.8 Å². The van der Waals surface area contributed by atoms with Crippen LogP contribution in [0.5, 0.6) is 0 Å². The molecule has 0 N–H and O–H groups in total. The van der Waals surface area contributed by atoms with Gasteiger partial charge >= 0.3 is 0 Å². The van der Waals surface area contributed by atoms with Crippen molar-refractivity contribution in [3.05, 3.63) is 129 Å². The van der Waals surface area contributed by atoms with Crippen LogP contribution in [-0.2, 0) is 19.5 Å². The number of benzene rings is 3. The molecule has 5 rings (SSSR count). The van der Waals surface area contributed by atoms with Crippen LogP contribution in [0.4, 0.5) is 0 Å². The number of hydrogen-bond donors (Lipinski definition) is 0. The van der Waals surface area contributed by atoms with E-state index in [-0.39, 0.29) is 11.1 Å². The number of nitrogens with zero attached hydrogens (tertiary/aromatic N) is 4. The van der Waals surface area contributed by atoms with E-state index in [1.807, 2.05) is 66.7 Å². The number of aromatic nitrogens is 4. The zero-order chi connectivity index (χ0) is 23.3. The van der Waals surface area contributed by atoms with Gasteiger partial charge in [-0.1, -0.05) is 60.7 Å². The summed E-state index contributed by atoms with van der Waals surface area (Å²) in [6.45, 7) is 1.25. The van der Waals surface area contributed by atoms with Gasteiger partial charge in [-0.25, -0.2) is 14.3 Å². The standard InChI is InChI=1S/C28H26N4O2/c33-27-17-18-28(34)32(23-13-5-2-6-14-23)31(27)20-10-9-19-30-25-16-8-7-15-24(25)29-26(30)21-22-11-3-1-4-12-22/h1-8,11-18H,9-10,19-21H2. The summed E-state index contributed by atoms with van der Waals surface area (Å²) in [5, 5.41) is 0. The highest BCUT2D eigenvalue weighted by molar-refractivity contribution is 5.76. The second kappa shape index (κ2) is 9.75. The minimum atomic E-state index is -0.212. The van der Waals surface area contributed by atoms with Gasteiger partial charge in [-0.15, -0.1) is 0 Å². The molecule has 0 aliphatic rings. The van der Waals surface area contributed by atoms with Gasteiger partial charge in [0.2, 0.25) is 0 Å². The van der Waals surface area contributed by atoms with E-state index in [1.54, 1.807) is 0 Å². The maximum Gasteiger partial charge on any atom is 0.270 e. The van der Waals surface area contributed by atoms with Crippen molar-refractivity contribution in [2.45, 2.75) is 32.4 Å². The van der Waals surface area contributed by atoms with Gasteiger partial charge in [-0.2, -0.15) is 0 Å². The monoisotopic (exact) mass is 450 g/mol. The summed E-state index contributed by atoms with van der Waals surface area (Å²) in [7, 11) is 0. The smallest absolute Gasteiger partial charge is 0.270 e. The summed E-state index contributed by atoms with van der Waals surface area (Å²) in [6, 6.07) is 30.5. The maximum absolute atomic E-state index is 12.6. The van der Waals surface area contributed by atoms with Crippen LogP contribution >= 0.6 is 0 Å². The Bertz CT molecular complexity index is 1520. The molecule has 5 aromatic rings. The molecule has 0 saturated carbocycles. The molecule has 170 valence electrons. The number of hydrogen-bond acceptors (Lipinski definition) is 3. The molecule has 0 aliphatic carbocycles. The third-order valence-corrected chi connectivity index (χ3v) is 6.01. The number of para-hydroxylation sites is 3. The summed E-state index contributed by atoms with van der Waals surface area (Å²) in [5.41, 5.74) is 3.63. The van der Waals surface area contributed by atoms with Crippen molar-refractivity contribution in [3.8, 4) is 5.69 Å². The van der Waals surface area contributed by atoms with Crippen molar-refractivity contribution in [1.29, 1.82) is 0 Å². The highest BCUT2D eigenvalue weighted by Crippen LogP contribution is 2.19. The highest BCUT2D eigenvalue weighted by Gasteiger charge is 2.12. The third kappa shape index (κ3) is 4.48. The quantitative estimate of drug-likeness (QED) is 0.329. The zero-order valence-corrected chi connectivity index (χ0v) is 18.9. The lowest BCUT2D eigenvalue weighted by Crippen LogP contribution is -2.36. The molecule has 0 saturated heterocycles. The number of rotatable bonds is 8. The molecule has 34 heavy (non-hydrogen) atoms. The van der Waals surface area contributed by atoms with Gasteiger partial charge in [0.05, 0.1) is 16.7 Å². The minimum Gasteiger partial charge on any atom is -0.328 e. The van der Waals surface area contributed by atoms with Crippen LogP contribution in [0.15, 0.2) is 107 Å². The van der Waals surface area contributed by atoms with Crippen molar-refractivity contribution in [1.82, 2.24) is 18.9 Å². The maximum atomic E-state index is 12.6. The first-order valence-corrected chi connectivity index (χ1v) is 11.6. The molecule has 0 radical (unpaired) electrons. The molecular weight excluding hydrogens is 424 g/mol. The van der Waals surface area contributed by atoms with E-state index in [4.69, 9.17) is 4.98 Å². The molecular formula is C28H26N4O2. The molecule has 3 aromatic carbocycles. The van der Waals surface area contributed by atoms with Gasteiger partial charge in [0.1, 0.15) is 5.82 Å². The first-order chi connectivity index (χ1) is 16.7. The fourth-order valence-electron chi connectivity index (χ4n) is 4.38. The summed E-state index contributed by atoms with van der Waals surface area (Å²) in [5.74, 6) is 1.03. The lowest BCUT2D eigenvalue weighted by Gasteiger charge is -2.15. The van der Waals surface area contributed by atoms with Crippen molar-refractivity contribution in [3.63, 3.8) is 0 Å². The van der Waals surface area contributed by atoms with Crippen LogP contribution in [0.1, 0.15) is 24.2 Å². The second-order valence-electron chi connectivity index (χ2n) is 8.32. The summed E-state index contributed by atoms with van der Waals surface area (Å²) in [6.07, 6.45) is 2.38. The average Bonchev–Trinajstić information content (AvgIpc) is 3.21. The van der Waals surface area contributed by atoms with Crippen molar-refractivity contribution in [2.24, 2.45) is 0 Å². The van der Waals surface area contributed by atoms with E-state index < -0.39 is 0 Å². The fourth-order valence-corrected chi connectivity index (χ4v) is 4.38. The fraction of sp³-hybridized carbons (Fsp3) is 0.179. The average molecular weight is 451 g/mol. The largest absolute Gasteiger partial charge is 0.328 e. The molecule has 6 nitrogen and oxygen atoms in total. The first-order valence-electron chi connectivity index (χ1n) is 11.6. The van der Waals surface area contributed by atoms with Crippen LogP contribution in [0, 0.1) is 0 Å². The Morgan fingerprint density at radius 2 is 1.29 bits per heavy atom. The van der Waals surface area contributed by atoms with E-state index in [0.717, 1.165) is 42.7 Å². The summed E-state index contributed by atoms with van der Waals surface area (Å²) < 4.78 is 5.28. The van der Waals surface area contributed by atoms with Crippen LogP contribution < -0.4 is 11.1 Å². The second-order valence-corrected chi connectivity index (χ2v) is 8.32. The SMILES string of the molecule is O=c1ccc(=O)n(-c2ccccc2)n1CCCCn1c(Cc2ccccc2)nc2ccccc21. The van der Waals surface area contributed by atoms with Gasteiger partial charge in [0.25, 0.3) is 11.1 Å². The van der Waals surface area contributed by atoms with Gasteiger partial charge in [-0.05, 0) is 42.7 Å². The van der Waals surface area contributed by atoms with E-state index in [9.17, 15) is 9.59 Å². The van der Waals surface area contributed by atoms with Gasteiger partial charge in [0.15, 0.2) is 0 Å². The molecule has 2 heterocycles. The molecule has 6 heteroatoms. The molecule has 0 spiro atoms. The van der Waals surface area contributed by atoms with Crippen LogP contribution in [0.25, 0.3) is 16.7 Å². The molecule has 0 unspecified atom stereocenters. The highest BCUT2D eigenvalue weighted by atomic mass is 16.2. The van der Waals surface area contributed by atoms with E-state index in [2.05, 4.69) is 22.8 Å². The summed E-state index contributed by atoms with van der Waals surface area (Å²) >= 11 is 0. The zero-order valence-electron chi connectivity index (χ0n) is 18.9. The predicted octanol–water partition coefficient (Wildman–Crippen LogP) is 4.42. The molecule has 0 bridgehead atoms. The number of aryl methyl sites for hydroxylation is 1. The Kier molecular flexibility index (Phi) is 6.21. The lowest BCUT2D eigenvalue weighted by atomic mass is 10.1. The van der Waals surface area contributed by atoms with Gasteiger partial charge < -0.3 is 4.57 Å². The number of imidazole rings is 1. The Labute approximate surface area is 197 Å². The van der Waals surface area contributed by atoms with Gasteiger partial charge in [-0.3, -0.25) is 9.59 Å². The Hall–Kier alpha value is -4.19. The molecule has 0 fully saturated rings. The number of fused-ring (bicyclic) bond motifs is 1. The normalized spacial score (nSPS) is 11.2. The molecule has 0 atom stereocenters. The predicted molar refractivity (Wildman–Crippen MR) is 135 cm³/mol. The van der Waals surface area contributed by atoms with Crippen molar-refractivity contribution in [2.75, 3.05) is 0 Å². The molecule has 2 aromatic heterocycles. The Morgan fingerprint density at radius 3 is 2.09 bits per heavy atom. The van der Waals surface area contributed by atoms with Gasteiger partial charge in [0, 0.05) is 31.6 Å². The van der Waals surface area contributed by atoms with Crippen LogP contribution in [-0.4, -0.2) is 18.9 Å². The van der Waals surface area contributed by atoms with E-state index in [0.29, 0.717) is 12.2 Å². The number of unbranched alkanes of at least 4 members (excludes halogenated alkanes) is 1. The van der Waals surface area contributed by atoms with E-state index >= 15 is 0 Å². The molecule has 0 amide bonds. The summed E-state index contributed by atoms with van der Waals surface area (Å²) in [4.78, 5) is 30.1. The molecule has 0 aliphatic heterocycles. The van der Waals surface area contributed by atoms with Crippen molar-refractivity contribution >= 4 is 11.0 Å². The van der Waals surface area contributed by atoms with Crippen LogP contribution in [0.3, 0.4) is 0 Å². The lowest BCUT2D eigenvalue weighted by molar-refractivity contribution is 0.461. The third-order valence-electron chi connectivity index (χ3n) is 6.01. The Balaban J connectivity index is 1.36. The first kappa shape index (κ1) is 21.6. The van der Waals surface area contributed by atoms with E-state index in [1.165, 1.54) is 27.1 Å².